The normalized spacial score (nSPS) is 16.0. The van der Waals surface area contributed by atoms with Gasteiger partial charge in [-0.25, -0.2) is 0 Å². The molecule has 1 aliphatic carbocycles. The van der Waals surface area contributed by atoms with Gasteiger partial charge in [0.1, 0.15) is 34.3 Å². The van der Waals surface area contributed by atoms with E-state index in [1.165, 1.54) is 18.2 Å². The van der Waals surface area contributed by atoms with Crippen molar-refractivity contribution < 1.29 is 57.2 Å². The van der Waals surface area contributed by atoms with Gasteiger partial charge in [-0.1, -0.05) is 38.3 Å². The minimum atomic E-state index is -1.56. The Bertz CT molecular complexity index is 1710. The first-order chi connectivity index (χ1) is 23.9. The van der Waals surface area contributed by atoms with Crippen molar-refractivity contribution in [1.29, 1.82) is 0 Å². The van der Waals surface area contributed by atoms with Gasteiger partial charge >= 0.3 is 29.8 Å². The van der Waals surface area contributed by atoms with E-state index in [-0.39, 0.29) is 69.7 Å². The number of ketones is 2. The molecular weight excluding hydrogens is 660 g/mol. The summed E-state index contributed by atoms with van der Waals surface area (Å²) in [5.41, 5.74) is -1.23. The van der Waals surface area contributed by atoms with Crippen LogP contribution in [0.5, 0.6) is 11.5 Å². The third-order valence-electron chi connectivity index (χ3n) is 7.68. The van der Waals surface area contributed by atoms with Crippen LogP contribution in [0.1, 0.15) is 124 Å². The molecule has 1 aromatic rings. The van der Waals surface area contributed by atoms with Gasteiger partial charge in [0.15, 0.2) is 11.6 Å². The monoisotopic (exact) mass is 708 g/mol. The number of Topliss-reactive ketones (excluding diaryl/α,β-unsaturated/α-hetero) is 2. The van der Waals surface area contributed by atoms with Gasteiger partial charge in [-0.3, -0.25) is 33.6 Å². The molecular formula is C39H48O12. The number of benzene rings is 1. The largest absolute Gasteiger partial charge is 0.430 e. The maximum absolute atomic E-state index is 14.9. The van der Waals surface area contributed by atoms with Gasteiger partial charge in [-0.15, -0.1) is 0 Å². The number of ether oxygens (including phenoxy) is 5. The molecule has 0 saturated carbocycles. The topological polar surface area (TPSA) is 166 Å². The van der Waals surface area contributed by atoms with E-state index in [0.29, 0.717) is 12.8 Å². The quantitative estimate of drug-likeness (QED) is 0.0321. The molecule has 0 N–H and O–H groups in total. The molecule has 276 valence electrons. The van der Waals surface area contributed by atoms with Gasteiger partial charge in [0.25, 0.3) is 0 Å². The molecule has 0 spiro atoms. The molecule has 0 radical (unpaired) electrons. The lowest BCUT2D eigenvalue weighted by Gasteiger charge is -2.38. The van der Waals surface area contributed by atoms with E-state index in [4.69, 9.17) is 23.7 Å². The molecule has 12 nitrogen and oxygen atoms in total. The Balaban J connectivity index is 3.22. The summed E-state index contributed by atoms with van der Waals surface area (Å²) in [6, 6.07) is 2.74. The Hall–Kier alpha value is -5.13. The van der Waals surface area contributed by atoms with Gasteiger partial charge in [0.2, 0.25) is 0 Å². The first-order valence-electron chi connectivity index (χ1n) is 16.9. The molecule has 1 unspecified atom stereocenters. The Kier molecular flexibility index (Phi) is 15.5. The zero-order chi connectivity index (χ0) is 38.6. The summed E-state index contributed by atoms with van der Waals surface area (Å²) in [4.78, 5) is 90.9. The number of hydrogen-bond acceptors (Lipinski definition) is 12. The molecule has 0 amide bonds. The van der Waals surface area contributed by atoms with Gasteiger partial charge in [-0.05, 0) is 58.2 Å². The number of hydrogen-bond donors (Lipinski definition) is 0. The molecule has 1 aromatic carbocycles. The lowest BCUT2D eigenvalue weighted by molar-refractivity contribution is -0.141. The third-order valence-corrected chi connectivity index (χ3v) is 7.68. The second kappa shape index (κ2) is 18.7. The van der Waals surface area contributed by atoms with Crippen molar-refractivity contribution in [3.05, 3.63) is 69.4 Å². The first kappa shape index (κ1) is 42.0. The summed E-state index contributed by atoms with van der Waals surface area (Å²) in [5.74, 6) is -6.12. The van der Waals surface area contributed by atoms with Gasteiger partial charge in [0.05, 0.1) is 11.0 Å². The molecule has 0 fully saturated rings. The predicted octanol–water partition coefficient (Wildman–Crippen LogP) is 7.28. The van der Waals surface area contributed by atoms with Crippen LogP contribution in [-0.2, 0) is 49.4 Å². The van der Waals surface area contributed by atoms with Crippen molar-refractivity contribution in [3.63, 3.8) is 0 Å². The standard InChI is InChI=1S/C39H48O12/c1-11-13-14-16-31(45)28-17-18-32(47-23(5)40)29(36(28)49-25(7)42)21-30-35(46)34(33(15-12-2)48-24(6)41)38(51-27(9)44)39(10,20-19-22(3)4)37(30)50-26(8)43/h15,17-19H,11-14,16,20-21H2,1-10H3/b33-15-. The third kappa shape index (κ3) is 11.2. The number of unbranched alkanes of at least 4 members (excludes halogenated alkanes) is 2. The Morgan fingerprint density at radius 1 is 0.725 bits per heavy atom. The van der Waals surface area contributed by atoms with Gasteiger partial charge < -0.3 is 23.7 Å². The number of carbonyl (C=O) groups is 7. The molecule has 0 heterocycles. The second-order valence-corrected chi connectivity index (χ2v) is 12.6. The van der Waals surface area contributed by atoms with Crippen LogP contribution in [0.15, 0.2) is 58.3 Å². The molecule has 0 saturated heterocycles. The van der Waals surface area contributed by atoms with Crippen molar-refractivity contribution in [3.8, 4) is 11.5 Å². The summed E-state index contributed by atoms with van der Waals surface area (Å²) in [6.45, 7) is 14.7. The average molecular weight is 709 g/mol. The summed E-state index contributed by atoms with van der Waals surface area (Å²) < 4.78 is 28.2. The molecule has 0 bridgehead atoms. The second-order valence-electron chi connectivity index (χ2n) is 12.6. The summed E-state index contributed by atoms with van der Waals surface area (Å²) in [7, 11) is 0. The SMILES string of the molecule is CC/C=C(\OC(C)=O)C1=C(OC(C)=O)C(C)(CC=C(C)C)C(OC(C)=O)=C(Cc2c(OC(C)=O)ccc(C(=O)CCCCC)c2OC(C)=O)C1=O. The Morgan fingerprint density at radius 2 is 1.31 bits per heavy atom. The summed E-state index contributed by atoms with van der Waals surface area (Å²) in [6.07, 6.45) is 5.40. The predicted molar refractivity (Wildman–Crippen MR) is 186 cm³/mol. The van der Waals surface area contributed by atoms with Crippen LogP contribution in [-0.4, -0.2) is 41.4 Å². The Morgan fingerprint density at radius 3 is 1.82 bits per heavy atom. The lowest BCUT2D eigenvalue weighted by Crippen LogP contribution is -2.37. The molecule has 51 heavy (non-hydrogen) atoms. The zero-order valence-corrected chi connectivity index (χ0v) is 31.2. The maximum Gasteiger partial charge on any atom is 0.308 e. The molecule has 12 heteroatoms. The van der Waals surface area contributed by atoms with E-state index in [1.807, 2.05) is 20.8 Å². The number of carbonyl (C=O) groups excluding carboxylic acids is 7. The van der Waals surface area contributed by atoms with Gasteiger partial charge in [-0.2, -0.15) is 0 Å². The fourth-order valence-electron chi connectivity index (χ4n) is 5.56. The van der Waals surface area contributed by atoms with Crippen molar-refractivity contribution >= 4 is 41.4 Å². The minimum Gasteiger partial charge on any atom is -0.430 e. The summed E-state index contributed by atoms with van der Waals surface area (Å²) in [5, 5.41) is 0. The number of allylic oxidation sites excluding steroid dienone is 5. The van der Waals surface area contributed by atoms with Crippen molar-refractivity contribution in [2.24, 2.45) is 5.41 Å². The Labute approximate surface area is 298 Å². The van der Waals surface area contributed by atoms with E-state index in [0.717, 1.165) is 53.0 Å². The number of esters is 5. The first-order valence-corrected chi connectivity index (χ1v) is 16.9. The fourth-order valence-corrected chi connectivity index (χ4v) is 5.56. The van der Waals surface area contributed by atoms with Crippen LogP contribution in [0.4, 0.5) is 0 Å². The molecule has 1 aliphatic rings. The van der Waals surface area contributed by atoms with Gasteiger partial charge in [0, 0.05) is 58.6 Å². The highest BCUT2D eigenvalue weighted by Gasteiger charge is 2.49. The van der Waals surface area contributed by atoms with Crippen molar-refractivity contribution in [2.45, 2.75) is 114 Å². The fraction of sp³-hybridized carbons (Fsp3) is 0.462. The highest BCUT2D eigenvalue weighted by molar-refractivity contribution is 6.14. The zero-order valence-electron chi connectivity index (χ0n) is 31.2. The maximum atomic E-state index is 14.9. The highest BCUT2D eigenvalue weighted by atomic mass is 16.6. The van der Waals surface area contributed by atoms with Crippen LogP contribution in [0.3, 0.4) is 0 Å². The average Bonchev–Trinajstić information content (AvgIpc) is 3.00. The van der Waals surface area contributed by atoms with E-state index in [9.17, 15) is 33.6 Å². The van der Waals surface area contributed by atoms with Crippen LogP contribution in [0, 0.1) is 5.41 Å². The van der Waals surface area contributed by atoms with Crippen molar-refractivity contribution in [2.75, 3.05) is 0 Å². The van der Waals surface area contributed by atoms with Crippen LogP contribution in [0.2, 0.25) is 0 Å². The molecule has 1 atom stereocenters. The van der Waals surface area contributed by atoms with E-state index < -0.39 is 47.5 Å². The molecule has 0 aromatic heterocycles. The summed E-state index contributed by atoms with van der Waals surface area (Å²) >= 11 is 0. The van der Waals surface area contributed by atoms with Crippen LogP contribution in [0.25, 0.3) is 0 Å². The number of rotatable bonds is 16. The minimum absolute atomic E-state index is 0.0141. The lowest BCUT2D eigenvalue weighted by atomic mass is 9.71. The molecule has 0 aliphatic heterocycles. The highest BCUT2D eigenvalue weighted by Crippen LogP contribution is 2.51. The van der Waals surface area contributed by atoms with Crippen molar-refractivity contribution in [1.82, 2.24) is 0 Å². The smallest absolute Gasteiger partial charge is 0.308 e. The molecule has 2 rings (SSSR count). The van der Waals surface area contributed by atoms with Crippen LogP contribution >= 0.6 is 0 Å². The van der Waals surface area contributed by atoms with E-state index in [1.54, 1.807) is 19.9 Å². The van der Waals surface area contributed by atoms with E-state index >= 15 is 0 Å². The van der Waals surface area contributed by atoms with Crippen LogP contribution < -0.4 is 9.47 Å². The van der Waals surface area contributed by atoms with E-state index in [2.05, 4.69) is 0 Å².